The van der Waals surface area contributed by atoms with Crippen LogP contribution in [0.25, 0.3) is 0 Å². The number of rotatable bonds is 5. The van der Waals surface area contributed by atoms with Gasteiger partial charge in [-0.3, -0.25) is 0 Å². The van der Waals surface area contributed by atoms with Crippen molar-refractivity contribution < 1.29 is 9.90 Å². The number of nitrogens with two attached hydrogens (primary N) is 1. The second-order valence-corrected chi connectivity index (χ2v) is 5.28. The lowest BCUT2D eigenvalue weighted by Crippen LogP contribution is -2.11. The van der Waals surface area contributed by atoms with Crippen LogP contribution in [0.4, 0.5) is 0 Å². The Morgan fingerprint density at radius 1 is 1.69 bits per heavy atom. The molecule has 3 N–H and O–H groups in total. The number of thiazole rings is 1. The van der Waals surface area contributed by atoms with Crippen LogP contribution in [-0.4, -0.2) is 16.1 Å². The summed E-state index contributed by atoms with van der Waals surface area (Å²) >= 11 is 1.25. The van der Waals surface area contributed by atoms with Gasteiger partial charge in [-0.1, -0.05) is 13.3 Å². The average molecular weight is 240 g/mol. The first-order valence-electron chi connectivity index (χ1n) is 5.62. The Morgan fingerprint density at radius 3 is 2.88 bits per heavy atom. The number of aromatic carboxylic acids is 1. The quantitative estimate of drug-likeness (QED) is 0.827. The van der Waals surface area contributed by atoms with Crippen molar-refractivity contribution in [3.8, 4) is 0 Å². The molecule has 1 saturated carbocycles. The fourth-order valence-corrected chi connectivity index (χ4v) is 2.79. The molecular formula is C11H16N2O2S. The maximum atomic E-state index is 11.0. The smallest absolute Gasteiger partial charge is 0.347 e. The van der Waals surface area contributed by atoms with E-state index in [9.17, 15) is 4.79 Å². The van der Waals surface area contributed by atoms with Gasteiger partial charge in [-0.05, 0) is 25.2 Å². The molecule has 88 valence electrons. The summed E-state index contributed by atoms with van der Waals surface area (Å²) in [6.07, 6.45) is 3.91. The molecule has 0 aromatic carbocycles. The first kappa shape index (κ1) is 11.5. The van der Waals surface area contributed by atoms with E-state index in [-0.39, 0.29) is 6.04 Å². The van der Waals surface area contributed by atoms with Gasteiger partial charge in [-0.25, -0.2) is 9.78 Å². The van der Waals surface area contributed by atoms with E-state index in [2.05, 4.69) is 4.98 Å². The van der Waals surface area contributed by atoms with E-state index in [1.165, 1.54) is 11.3 Å². The van der Waals surface area contributed by atoms with Gasteiger partial charge in [0.1, 0.15) is 9.88 Å². The van der Waals surface area contributed by atoms with Crippen molar-refractivity contribution in [3.63, 3.8) is 0 Å². The zero-order valence-electron chi connectivity index (χ0n) is 9.27. The van der Waals surface area contributed by atoms with Crippen LogP contribution < -0.4 is 5.73 Å². The third-order valence-corrected chi connectivity index (χ3v) is 4.00. The summed E-state index contributed by atoms with van der Waals surface area (Å²) in [5.41, 5.74) is 6.73. The highest BCUT2D eigenvalue weighted by molar-refractivity contribution is 7.13. The first-order chi connectivity index (χ1) is 7.63. The van der Waals surface area contributed by atoms with Crippen molar-refractivity contribution in [1.29, 1.82) is 0 Å². The number of carbonyl (C=O) groups is 1. The molecule has 1 aliphatic carbocycles. The number of aromatic nitrogens is 1. The predicted molar refractivity (Wildman–Crippen MR) is 62.7 cm³/mol. The second-order valence-electron chi connectivity index (χ2n) is 4.25. The molecule has 0 amide bonds. The zero-order valence-corrected chi connectivity index (χ0v) is 10.1. The van der Waals surface area contributed by atoms with Crippen molar-refractivity contribution >= 4 is 17.3 Å². The van der Waals surface area contributed by atoms with Crippen LogP contribution >= 0.6 is 11.3 Å². The van der Waals surface area contributed by atoms with Gasteiger partial charge >= 0.3 is 5.97 Å². The lowest BCUT2D eigenvalue weighted by molar-refractivity contribution is 0.0700. The first-order valence-corrected chi connectivity index (χ1v) is 6.43. The minimum Gasteiger partial charge on any atom is -0.477 e. The van der Waals surface area contributed by atoms with Gasteiger partial charge in [0.2, 0.25) is 0 Å². The normalized spacial score (nSPS) is 17.4. The lowest BCUT2D eigenvalue weighted by atomic mass is 10.2. The molecule has 1 aliphatic rings. The van der Waals surface area contributed by atoms with Crippen LogP contribution in [0, 0.1) is 5.92 Å². The molecule has 1 aromatic rings. The summed E-state index contributed by atoms with van der Waals surface area (Å²) < 4.78 is 0. The summed E-state index contributed by atoms with van der Waals surface area (Å²) in [6, 6.07) is -0.0614. The molecule has 1 aromatic heterocycles. The van der Waals surface area contributed by atoms with Crippen molar-refractivity contribution in [2.24, 2.45) is 11.7 Å². The van der Waals surface area contributed by atoms with Gasteiger partial charge < -0.3 is 10.8 Å². The number of carboxylic acids is 1. The minimum absolute atomic E-state index is 0.0614. The predicted octanol–water partition coefficient (Wildman–Crippen LogP) is 2.20. The van der Waals surface area contributed by atoms with Gasteiger partial charge in [0.05, 0.1) is 11.7 Å². The van der Waals surface area contributed by atoms with E-state index in [0.717, 1.165) is 30.7 Å². The summed E-state index contributed by atoms with van der Waals surface area (Å²) in [5, 5.41) is 9.87. The Hall–Kier alpha value is -0.940. The maximum absolute atomic E-state index is 11.0. The van der Waals surface area contributed by atoms with E-state index < -0.39 is 5.97 Å². The Balaban J connectivity index is 2.25. The standard InChI is InChI=1S/C11H16N2O2S/c1-2-3-7-9(11(14)15)16-10(13-7)8(12)6-4-5-6/h6,8H,2-5,12H2,1H3,(H,14,15). The topological polar surface area (TPSA) is 76.2 Å². The Labute approximate surface area is 98.5 Å². The summed E-state index contributed by atoms with van der Waals surface area (Å²) in [4.78, 5) is 15.8. The van der Waals surface area contributed by atoms with Crippen molar-refractivity contribution in [2.45, 2.75) is 38.6 Å². The van der Waals surface area contributed by atoms with Gasteiger partial charge in [-0.15, -0.1) is 11.3 Å². The molecule has 16 heavy (non-hydrogen) atoms. The highest BCUT2D eigenvalue weighted by Gasteiger charge is 2.32. The van der Waals surface area contributed by atoms with Crippen LogP contribution in [0.15, 0.2) is 0 Å². The van der Waals surface area contributed by atoms with Gasteiger partial charge in [0, 0.05) is 0 Å². The van der Waals surface area contributed by atoms with Crippen LogP contribution in [0.3, 0.4) is 0 Å². The molecule has 1 heterocycles. The molecule has 1 atom stereocenters. The Bertz CT molecular complexity index is 399. The van der Waals surface area contributed by atoms with E-state index in [0.29, 0.717) is 16.5 Å². The Kier molecular flexibility index (Phi) is 3.25. The number of hydrogen-bond acceptors (Lipinski definition) is 4. The minimum atomic E-state index is -0.879. The van der Waals surface area contributed by atoms with Crippen LogP contribution in [0.1, 0.15) is 52.6 Å². The number of aryl methyl sites for hydroxylation is 1. The Morgan fingerprint density at radius 2 is 2.38 bits per heavy atom. The van der Waals surface area contributed by atoms with Crippen LogP contribution in [0.5, 0.6) is 0 Å². The molecular weight excluding hydrogens is 224 g/mol. The van der Waals surface area contributed by atoms with Crippen molar-refractivity contribution in [3.05, 3.63) is 15.6 Å². The highest BCUT2D eigenvalue weighted by Crippen LogP contribution is 2.41. The molecule has 0 bridgehead atoms. The summed E-state index contributed by atoms with van der Waals surface area (Å²) in [7, 11) is 0. The number of carboxylic acid groups (broad SMARTS) is 1. The molecule has 2 rings (SSSR count). The molecule has 0 aliphatic heterocycles. The van der Waals surface area contributed by atoms with Gasteiger partial charge in [0.25, 0.3) is 0 Å². The van der Waals surface area contributed by atoms with Crippen molar-refractivity contribution in [2.75, 3.05) is 0 Å². The molecule has 5 heteroatoms. The van der Waals surface area contributed by atoms with E-state index in [4.69, 9.17) is 10.8 Å². The number of nitrogens with zero attached hydrogens (tertiary/aromatic N) is 1. The van der Waals surface area contributed by atoms with Crippen LogP contribution in [0.2, 0.25) is 0 Å². The molecule has 4 nitrogen and oxygen atoms in total. The average Bonchev–Trinajstić information content (AvgIpc) is 2.99. The van der Waals surface area contributed by atoms with Gasteiger partial charge in [-0.2, -0.15) is 0 Å². The van der Waals surface area contributed by atoms with E-state index >= 15 is 0 Å². The summed E-state index contributed by atoms with van der Waals surface area (Å²) in [6.45, 7) is 2.02. The second kappa shape index (κ2) is 4.51. The molecule has 0 saturated heterocycles. The molecule has 1 fully saturated rings. The molecule has 0 radical (unpaired) electrons. The fourth-order valence-electron chi connectivity index (χ4n) is 1.74. The largest absolute Gasteiger partial charge is 0.477 e. The van der Waals surface area contributed by atoms with E-state index in [1.54, 1.807) is 0 Å². The maximum Gasteiger partial charge on any atom is 0.347 e. The SMILES string of the molecule is CCCc1nc(C(N)C2CC2)sc1C(=O)O. The molecule has 0 spiro atoms. The monoisotopic (exact) mass is 240 g/mol. The lowest BCUT2D eigenvalue weighted by Gasteiger charge is -2.04. The zero-order chi connectivity index (χ0) is 11.7. The van der Waals surface area contributed by atoms with Crippen molar-refractivity contribution in [1.82, 2.24) is 4.98 Å². The fraction of sp³-hybridized carbons (Fsp3) is 0.636. The van der Waals surface area contributed by atoms with Gasteiger partial charge in [0.15, 0.2) is 0 Å². The highest BCUT2D eigenvalue weighted by atomic mass is 32.1. The summed E-state index contributed by atoms with van der Waals surface area (Å²) in [5.74, 6) is -0.363. The molecule has 1 unspecified atom stereocenters. The van der Waals surface area contributed by atoms with Crippen LogP contribution in [-0.2, 0) is 6.42 Å². The third kappa shape index (κ3) is 2.25. The van der Waals surface area contributed by atoms with E-state index in [1.807, 2.05) is 6.92 Å². The number of hydrogen-bond donors (Lipinski definition) is 2. The third-order valence-electron chi connectivity index (χ3n) is 2.81.